The van der Waals surface area contributed by atoms with Gasteiger partial charge in [-0.05, 0) is 43.4 Å². The van der Waals surface area contributed by atoms with E-state index in [-0.39, 0.29) is 13.0 Å². The minimum atomic E-state index is -4.13. The summed E-state index contributed by atoms with van der Waals surface area (Å²) in [5.41, 5.74) is 1.78. The number of halogens is 3. The molecule has 0 spiro atoms. The van der Waals surface area contributed by atoms with E-state index in [1.54, 1.807) is 0 Å². The maximum absolute atomic E-state index is 13.1. The molecule has 0 heterocycles. The molecule has 2 unspecified atom stereocenters. The molecular formula is C16H22F3NO. The number of anilines is 1. The van der Waals surface area contributed by atoms with Gasteiger partial charge in [0.05, 0.1) is 5.92 Å². The predicted octanol–water partition coefficient (Wildman–Crippen LogP) is 4.14. The highest BCUT2D eigenvalue weighted by molar-refractivity contribution is 5.47. The number of rotatable bonds is 5. The summed E-state index contributed by atoms with van der Waals surface area (Å²) in [5.74, 6) is -1.26. The van der Waals surface area contributed by atoms with Crippen molar-refractivity contribution in [2.75, 3.05) is 11.9 Å². The summed E-state index contributed by atoms with van der Waals surface area (Å²) in [7, 11) is 0. The van der Waals surface area contributed by atoms with E-state index in [2.05, 4.69) is 5.32 Å². The van der Waals surface area contributed by atoms with Gasteiger partial charge < -0.3 is 10.4 Å². The van der Waals surface area contributed by atoms with E-state index in [4.69, 9.17) is 5.11 Å². The van der Waals surface area contributed by atoms with Crippen molar-refractivity contribution in [1.82, 2.24) is 0 Å². The third kappa shape index (κ3) is 4.63. The molecule has 0 amide bonds. The molecule has 2 rings (SSSR count). The molecule has 118 valence electrons. The molecule has 1 aliphatic carbocycles. The fraction of sp³-hybridized carbons (Fsp3) is 0.625. The van der Waals surface area contributed by atoms with Gasteiger partial charge in [0.2, 0.25) is 0 Å². The molecule has 1 aromatic carbocycles. The third-order valence-electron chi connectivity index (χ3n) is 4.09. The number of benzene rings is 1. The van der Waals surface area contributed by atoms with Gasteiger partial charge in [0.25, 0.3) is 0 Å². The number of alkyl halides is 3. The molecule has 1 fully saturated rings. The van der Waals surface area contributed by atoms with Crippen LogP contribution in [0, 0.1) is 5.92 Å². The van der Waals surface area contributed by atoms with Gasteiger partial charge in [-0.2, -0.15) is 13.2 Å². The predicted molar refractivity (Wildman–Crippen MR) is 77.3 cm³/mol. The number of aliphatic hydroxyl groups excluding tert-OH is 1. The first-order valence-electron chi connectivity index (χ1n) is 7.54. The largest absolute Gasteiger partial charge is 0.396 e. The van der Waals surface area contributed by atoms with Crippen LogP contribution in [0.2, 0.25) is 0 Å². The first-order valence-corrected chi connectivity index (χ1v) is 7.54. The van der Waals surface area contributed by atoms with Crippen LogP contribution in [0.1, 0.15) is 37.7 Å². The first-order chi connectivity index (χ1) is 10.0. The highest BCUT2D eigenvalue weighted by Crippen LogP contribution is 2.39. The van der Waals surface area contributed by atoms with Gasteiger partial charge in [0, 0.05) is 18.3 Å². The van der Waals surface area contributed by atoms with Crippen molar-refractivity contribution < 1.29 is 18.3 Å². The number of hydrogen-bond donors (Lipinski definition) is 2. The molecule has 0 aliphatic heterocycles. The van der Waals surface area contributed by atoms with E-state index in [0.717, 1.165) is 24.1 Å². The zero-order valence-electron chi connectivity index (χ0n) is 12.0. The lowest BCUT2D eigenvalue weighted by molar-refractivity contribution is -0.184. The molecule has 1 aromatic rings. The summed E-state index contributed by atoms with van der Waals surface area (Å²) in [4.78, 5) is 0. The normalized spacial score (nSPS) is 23.0. The summed E-state index contributed by atoms with van der Waals surface area (Å²) in [6.45, 7) is 0.121. The van der Waals surface area contributed by atoms with Crippen LogP contribution in [0.15, 0.2) is 24.3 Å². The summed E-state index contributed by atoms with van der Waals surface area (Å²) >= 11 is 0. The van der Waals surface area contributed by atoms with Crippen LogP contribution >= 0.6 is 0 Å². The Bertz CT molecular complexity index is 447. The SMILES string of the molecule is OCCCc1cccc(NC2CCCCC2C(F)(F)F)c1. The summed E-state index contributed by atoms with van der Waals surface area (Å²) in [6.07, 6.45) is -0.464. The van der Waals surface area contributed by atoms with E-state index >= 15 is 0 Å². The highest BCUT2D eigenvalue weighted by Gasteiger charge is 2.45. The molecule has 2 N–H and O–H groups in total. The van der Waals surface area contributed by atoms with Crippen LogP contribution < -0.4 is 5.32 Å². The van der Waals surface area contributed by atoms with E-state index in [9.17, 15) is 13.2 Å². The Kier molecular flexibility index (Phi) is 5.51. The maximum atomic E-state index is 13.1. The van der Waals surface area contributed by atoms with Crippen molar-refractivity contribution in [3.63, 3.8) is 0 Å². The Morgan fingerprint density at radius 1 is 1.19 bits per heavy atom. The second-order valence-corrected chi connectivity index (χ2v) is 5.71. The molecule has 5 heteroatoms. The lowest BCUT2D eigenvalue weighted by Crippen LogP contribution is -2.41. The molecule has 21 heavy (non-hydrogen) atoms. The fourth-order valence-electron chi connectivity index (χ4n) is 3.01. The zero-order chi connectivity index (χ0) is 15.3. The first kappa shape index (κ1) is 16.1. The molecular weight excluding hydrogens is 279 g/mol. The van der Waals surface area contributed by atoms with Gasteiger partial charge in [0.15, 0.2) is 0 Å². The molecule has 1 saturated carbocycles. The van der Waals surface area contributed by atoms with Gasteiger partial charge in [-0.1, -0.05) is 25.0 Å². The van der Waals surface area contributed by atoms with Crippen LogP contribution in [0.4, 0.5) is 18.9 Å². The van der Waals surface area contributed by atoms with Crippen LogP contribution in [0.25, 0.3) is 0 Å². The van der Waals surface area contributed by atoms with Crippen molar-refractivity contribution in [2.45, 2.75) is 50.7 Å². The van der Waals surface area contributed by atoms with Gasteiger partial charge in [-0.25, -0.2) is 0 Å². The molecule has 0 radical (unpaired) electrons. The average molecular weight is 301 g/mol. The quantitative estimate of drug-likeness (QED) is 0.856. The number of nitrogens with one attached hydrogen (secondary N) is 1. The standard InChI is InChI=1S/C16H22F3NO/c17-16(18,19)14-8-1-2-9-15(14)20-13-7-3-5-12(11-13)6-4-10-21/h3,5,7,11,14-15,20-21H,1-2,4,6,8-10H2. The second-order valence-electron chi connectivity index (χ2n) is 5.71. The van der Waals surface area contributed by atoms with E-state index in [0.29, 0.717) is 19.3 Å². The Morgan fingerprint density at radius 2 is 1.95 bits per heavy atom. The zero-order valence-corrected chi connectivity index (χ0v) is 12.0. The van der Waals surface area contributed by atoms with Crippen molar-refractivity contribution >= 4 is 5.69 Å². The molecule has 0 aromatic heterocycles. The maximum Gasteiger partial charge on any atom is 0.393 e. The van der Waals surface area contributed by atoms with Gasteiger partial charge in [0.1, 0.15) is 0 Å². The Morgan fingerprint density at radius 3 is 2.67 bits per heavy atom. The van der Waals surface area contributed by atoms with E-state index in [1.165, 1.54) is 0 Å². The van der Waals surface area contributed by atoms with Gasteiger partial charge >= 0.3 is 6.18 Å². The molecule has 2 nitrogen and oxygen atoms in total. The third-order valence-corrected chi connectivity index (χ3v) is 4.09. The van der Waals surface area contributed by atoms with E-state index in [1.807, 2.05) is 24.3 Å². The lowest BCUT2D eigenvalue weighted by Gasteiger charge is -2.34. The number of aliphatic hydroxyl groups is 1. The number of hydrogen-bond acceptors (Lipinski definition) is 2. The van der Waals surface area contributed by atoms with Crippen LogP contribution in [0.5, 0.6) is 0 Å². The molecule has 1 aliphatic rings. The molecule has 2 atom stereocenters. The average Bonchev–Trinajstić information content (AvgIpc) is 2.45. The Balaban J connectivity index is 2.05. The smallest absolute Gasteiger partial charge is 0.393 e. The topological polar surface area (TPSA) is 32.3 Å². The number of aryl methyl sites for hydroxylation is 1. The molecule has 0 bridgehead atoms. The highest BCUT2D eigenvalue weighted by atomic mass is 19.4. The molecule has 0 saturated heterocycles. The van der Waals surface area contributed by atoms with Gasteiger partial charge in [-0.3, -0.25) is 0 Å². The summed E-state index contributed by atoms with van der Waals surface area (Å²) in [6, 6.07) is 6.94. The van der Waals surface area contributed by atoms with Gasteiger partial charge in [-0.15, -0.1) is 0 Å². The van der Waals surface area contributed by atoms with Crippen molar-refractivity contribution in [2.24, 2.45) is 5.92 Å². The fourth-order valence-corrected chi connectivity index (χ4v) is 3.01. The van der Waals surface area contributed by atoms with Crippen molar-refractivity contribution in [3.05, 3.63) is 29.8 Å². The Hall–Kier alpha value is -1.23. The van der Waals surface area contributed by atoms with E-state index < -0.39 is 18.1 Å². The van der Waals surface area contributed by atoms with Crippen LogP contribution in [0.3, 0.4) is 0 Å². The monoisotopic (exact) mass is 301 g/mol. The van der Waals surface area contributed by atoms with Crippen molar-refractivity contribution in [3.8, 4) is 0 Å². The van der Waals surface area contributed by atoms with Crippen LogP contribution in [-0.2, 0) is 6.42 Å². The van der Waals surface area contributed by atoms with Crippen molar-refractivity contribution in [1.29, 1.82) is 0 Å². The minimum Gasteiger partial charge on any atom is -0.396 e. The summed E-state index contributed by atoms with van der Waals surface area (Å²) in [5, 5.41) is 11.9. The lowest BCUT2D eigenvalue weighted by atomic mass is 9.84. The second kappa shape index (κ2) is 7.16. The summed E-state index contributed by atoms with van der Waals surface area (Å²) < 4.78 is 39.2. The Labute approximate surface area is 123 Å². The minimum absolute atomic E-state index is 0.121. The van der Waals surface area contributed by atoms with Crippen LogP contribution in [-0.4, -0.2) is 23.9 Å².